The maximum Gasteiger partial charge on any atom is 0.394 e. The Balaban J connectivity index is 2.01. The zero-order valence-electron chi connectivity index (χ0n) is 27.8. The maximum absolute atomic E-state index is 10.7. The molecule has 0 spiro atoms. The molecule has 0 aliphatic rings. The Hall–Kier alpha value is -1.26. The van der Waals surface area contributed by atoms with E-state index in [4.69, 9.17) is 18.1 Å². The van der Waals surface area contributed by atoms with E-state index in [1.54, 1.807) is 0 Å². The molecule has 2 unspecified atom stereocenters. The molecule has 0 amide bonds. The Morgan fingerprint density at radius 3 is 1.10 bits per heavy atom. The van der Waals surface area contributed by atoms with Gasteiger partial charge < -0.3 is 27.9 Å². The van der Waals surface area contributed by atoms with Gasteiger partial charge in [0.25, 0.3) is 0 Å². The fourth-order valence-corrected chi connectivity index (χ4v) is 5.73. The molecule has 0 bridgehead atoms. The Morgan fingerprint density at radius 2 is 0.829 bits per heavy atom. The molecule has 2 atom stereocenters. The van der Waals surface area contributed by atoms with E-state index in [1.165, 1.54) is 11.1 Å². The van der Waals surface area contributed by atoms with Crippen LogP contribution in [0, 0.1) is 5.41 Å². The summed E-state index contributed by atoms with van der Waals surface area (Å²) in [5, 5.41) is 0. The van der Waals surface area contributed by atoms with Crippen LogP contribution < -0.4 is 9.05 Å². The van der Waals surface area contributed by atoms with Crippen LogP contribution in [0.1, 0.15) is 119 Å². The normalized spacial score (nSPS) is 15.0. The topological polar surface area (TPSA) is 77.4 Å². The Morgan fingerprint density at radius 1 is 0.512 bits per heavy atom. The third-order valence-corrected chi connectivity index (χ3v) is 8.20. The number of benzene rings is 2. The summed E-state index contributed by atoms with van der Waals surface area (Å²) in [6, 6.07) is 12.2. The number of rotatable bonds is 10. The molecule has 0 aliphatic carbocycles. The van der Waals surface area contributed by atoms with Crippen LogP contribution in [0.4, 0.5) is 0 Å². The zero-order chi connectivity index (χ0) is 31.6. The van der Waals surface area contributed by atoms with Crippen LogP contribution in [0.3, 0.4) is 0 Å². The Labute approximate surface area is 252 Å². The molecule has 2 aromatic carbocycles. The minimum Gasteiger partial charge on any atom is -0.427 e. The monoisotopic (exact) mass is 608 g/mol. The van der Waals surface area contributed by atoms with Gasteiger partial charge in [0.1, 0.15) is 11.5 Å². The molecule has 0 saturated heterocycles. The first-order chi connectivity index (χ1) is 18.4. The smallest absolute Gasteiger partial charge is 0.394 e. The van der Waals surface area contributed by atoms with Crippen molar-refractivity contribution in [3.63, 3.8) is 0 Å². The molecule has 2 aromatic rings. The predicted octanol–water partition coefficient (Wildman–Crippen LogP) is 9.83. The van der Waals surface area contributed by atoms with Crippen molar-refractivity contribution in [3.05, 3.63) is 58.7 Å². The highest BCUT2D eigenvalue weighted by molar-refractivity contribution is 7.41. The maximum atomic E-state index is 10.7. The van der Waals surface area contributed by atoms with Crippen molar-refractivity contribution in [1.82, 2.24) is 0 Å². The number of hydrogen-bond donors (Lipinski definition) is 2. The molecule has 0 aromatic heterocycles. The van der Waals surface area contributed by atoms with Crippen LogP contribution in [0.25, 0.3) is 0 Å². The number of hydrogen-bond acceptors (Lipinski definition) is 6. The van der Waals surface area contributed by atoms with Gasteiger partial charge in [-0.15, -0.1) is 0 Å². The van der Waals surface area contributed by atoms with Gasteiger partial charge in [-0.3, -0.25) is 0 Å². The lowest BCUT2D eigenvalue weighted by atomic mass is 9.80. The van der Waals surface area contributed by atoms with E-state index in [2.05, 4.69) is 95.2 Å². The van der Waals surface area contributed by atoms with Crippen molar-refractivity contribution < 1.29 is 27.9 Å². The van der Waals surface area contributed by atoms with E-state index >= 15 is 0 Å². The van der Waals surface area contributed by atoms with E-state index in [0.717, 1.165) is 11.1 Å². The zero-order valence-corrected chi connectivity index (χ0v) is 29.6. The molecule has 8 heteroatoms. The first-order valence-corrected chi connectivity index (χ1v) is 16.6. The van der Waals surface area contributed by atoms with Crippen molar-refractivity contribution in [2.24, 2.45) is 5.41 Å². The molecule has 2 rings (SSSR count). The van der Waals surface area contributed by atoms with Crippen molar-refractivity contribution >= 4 is 17.2 Å². The van der Waals surface area contributed by atoms with E-state index in [1.807, 2.05) is 38.1 Å². The van der Waals surface area contributed by atoms with Crippen LogP contribution >= 0.6 is 17.2 Å². The lowest BCUT2D eigenvalue weighted by Gasteiger charge is -2.29. The summed E-state index contributed by atoms with van der Waals surface area (Å²) in [5.74, 6) is 1.24. The molecule has 0 heterocycles. The molecule has 41 heavy (non-hydrogen) atoms. The highest BCUT2D eigenvalue weighted by Gasteiger charge is 2.29. The van der Waals surface area contributed by atoms with Crippen LogP contribution in [0.5, 0.6) is 11.5 Å². The highest BCUT2D eigenvalue weighted by Crippen LogP contribution is 2.45. The van der Waals surface area contributed by atoms with Gasteiger partial charge in [0.2, 0.25) is 0 Å². The molecule has 0 saturated carbocycles. The van der Waals surface area contributed by atoms with Gasteiger partial charge in [-0.05, 0) is 44.9 Å². The molecule has 0 fully saturated rings. The van der Waals surface area contributed by atoms with Gasteiger partial charge in [0.05, 0.1) is 13.2 Å². The molecule has 232 valence electrons. The fraction of sp³-hybridized carbons (Fsp3) is 0.636. The highest BCUT2D eigenvalue weighted by atomic mass is 31.2. The molecular formula is C33H54O6P2. The summed E-state index contributed by atoms with van der Waals surface area (Å²) in [6.45, 7) is 30.1. The second-order valence-corrected chi connectivity index (χ2v) is 17.6. The summed E-state index contributed by atoms with van der Waals surface area (Å²) < 4.78 is 23.3. The van der Waals surface area contributed by atoms with Crippen molar-refractivity contribution in [2.75, 3.05) is 13.2 Å². The predicted molar refractivity (Wildman–Crippen MR) is 173 cm³/mol. The first-order valence-electron chi connectivity index (χ1n) is 14.3. The minimum absolute atomic E-state index is 0.00300. The standard InChI is InChI=1S/C33H54O6P2/c1-29(2,3)23-15-17-27(25(19-23)31(7,8)9)38-40(34)36-21-33(13,14)22-37-41(35)39-28-18-16-24(30(4,5)6)20-26(28)32(10,11)12/h15-20,34-35H,21-22H2,1-14H3. The van der Waals surface area contributed by atoms with Crippen molar-refractivity contribution in [3.8, 4) is 11.5 Å². The summed E-state index contributed by atoms with van der Waals surface area (Å²) in [7, 11) is -4.32. The molecule has 6 nitrogen and oxygen atoms in total. The average molecular weight is 609 g/mol. The van der Waals surface area contributed by atoms with Gasteiger partial charge in [-0.1, -0.05) is 121 Å². The van der Waals surface area contributed by atoms with Gasteiger partial charge in [-0.2, -0.15) is 0 Å². The van der Waals surface area contributed by atoms with E-state index < -0.39 is 22.6 Å². The second kappa shape index (κ2) is 13.2. The minimum atomic E-state index is -2.16. The SMILES string of the molecule is CC(C)(COP(O)Oc1ccc(C(C)(C)C)cc1C(C)(C)C)COP(O)Oc1ccc(C(C)(C)C)cc1C(C)(C)C. The van der Waals surface area contributed by atoms with Gasteiger partial charge in [0.15, 0.2) is 0 Å². The fourth-order valence-electron chi connectivity index (χ4n) is 4.05. The van der Waals surface area contributed by atoms with Gasteiger partial charge >= 0.3 is 17.2 Å². The lowest BCUT2D eigenvalue weighted by Crippen LogP contribution is -2.24. The lowest BCUT2D eigenvalue weighted by molar-refractivity contribution is 0.0959. The molecular weight excluding hydrogens is 554 g/mol. The van der Waals surface area contributed by atoms with Gasteiger partial charge in [-0.25, -0.2) is 0 Å². The van der Waals surface area contributed by atoms with Crippen molar-refractivity contribution in [2.45, 2.75) is 119 Å². The summed E-state index contributed by atoms with van der Waals surface area (Å²) in [6.07, 6.45) is 0. The Kier molecular flexibility index (Phi) is 11.5. The van der Waals surface area contributed by atoms with Gasteiger partial charge in [0, 0.05) is 16.5 Å². The average Bonchev–Trinajstić information content (AvgIpc) is 2.79. The quantitative estimate of drug-likeness (QED) is 0.262. The largest absolute Gasteiger partial charge is 0.427 e. The summed E-state index contributed by atoms with van der Waals surface area (Å²) >= 11 is 0. The molecule has 0 aliphatic heterocycles. The van der Waals surface area contributed by atoms with E-state index in [-0.39, 0.29) is 34.9 Å². The van der Waals surface area contributed by atoms with E-state index in [0.29, 0.717) is 11.5 Å². The first kappa shape index (κ1) is 35.9. The van der Waals surface area contributed by atoms with Crippen LogP contribution in [0.2, 0.25) is 0 Å². The van der Waals surface area contributed by atoms with Crippen LogP contribution in [-0.4, -0.2) is 23.0 Å². The Bertz CT molecular complexity index is 1060. The van der Waals surface area contributed by atoms with Crippen molar-refractivity contribution in [1.29, 1.82) is 0 Å². The third kappa shape index (κ3) is 11.1. The second-order valence-electron chi connectivity index (χ2n) is 15.8. The van der Waals surface area contributed by atoms with E-state index in [9.17, 15) is 9.79 Å². The van der Waals surface area contributed by atoms with Crippen LogP contribution in [0.15, 0.2) is 36.4 Å². The molecule has 2 N–H and O–H groups in total. The summed E-state index contributed by atoms with van der Waals surface area (Å²) in [4.78, 5) is 21.3. The summed E-state index contributed by atoms with van der Waals surface area (Å²) in [5.41, 5.74) is 3.61. The third-order valence-electron chi connectivity index (χ3n) is 6.79. The molecule has 0 radical (unpaired) electrons. The van der Waals surface area contributed by atoms with Crippen LogP contribution in [-0.2, 0) is 30.7 Å².